The largest absolute Gasteiger partial charge is 0.360 e. The zero-order valence-corrected chi connectivity index (χ0v) is 17.8. The maximum Gasteiger partial charge on any atom is 0.279 e. The average Bonchev–Trinajstić information content (AvgIpc) is 3.49. The van der Waals surface area contributed by atoms with Gasteiger partial charge in [0.15, 0.2) is 0 Å². The second-order valence-electron chi connectivity index (χ2n) is 7.36. The number of aromatic nitrogens is 3. The molecule has 0 atom stereocenters. The fraction of sp³-hybridized carbons (Fsp3) is 0.0870. The maximum atomic E-state index is 13.2. The molecule has 0 unspecified atom stereocenters. The molecule has 3 aromatic heterocycles. The third-order valence-electron chi connectivity index (χ3n) is 5.20. The molecule has 0 spiro atoms. The van der Waals surface area contributed by atoms with Crippen LogP contribution in [-0.4, -0.2) is 26.6 Å². The summed E-state index contributed by atoms with van der Waals surface area (Å²) < 4.78 is 15.0. The maximum absolute atomic E-state index is 13.2. The van der Waals surface area contributed by atoms with E-state index in [0.29, 0.717) is 17.0 Å². The number of hydrogen-bond donors (Lipinski definition) is 3. The van der Waals surface area contributed by atoms with Gasteiger partial charge in [-0.15, -0.1) is 11.3 Å². The van der Waals surface area contributed by atoms with E-state index in [-0.39, 0.29) is 5.82 Å². The van der Waals surface area contributed by atoms with E-state index in [9.17, 15) is 14.0 Å². The Hall–Kier alpha value is -3.98. The Morgan fingerprint density at radius 2 is 1.81 bits per heavy atom. The Morgan fingerprint density at radius 3 is 2.62 bits per heavy atom. The fourth-order valence-electron chi connectivity index (χ4n) is 3.60. The first-order chi connectivity index (χ1) is 15.5. The minimum atomic E-state index is -0.410. The quantitative estimate of drug-likeness (QED) is 0.362. The summed E-state index contributed by atoms with van der Waals surface area (Å²) in [5.74, 6) is -1.11. The highest BCUT2D eigenvalue weighted by Crippen LogP contribution is 2.29. The predicted molar refractivity (Wildman–Crippen MR) is 121 cm³/mol. The van der Waals surface area contributed by atoms with E-state index in [2.05, 4.69) is 20.9 Å². The minimum absolute atomic E-state index is 0.291. The fourth-order valence-corrected chi connectivity index (χ4v) is 4.65. The second-order valence-corrected chi connectivity index (χ2v) is 8.39. The van der Waals surface area contributed by atoms with Crippen molar-refractivity contribution in [3.05, 3.63) is 88.3 Å². The summed E-state index contributed by atoms with van der Waals surface area (Å²) in [5.41, 5.74) is 7.95. The van der Waals surface area contributed by atoms with Crippen LogP contribution in [0.4, 0.5) is 4.39 Å². The van der Waals surface area contributed by atoms with E-state index in [1.165, 1.54) is 23.5 Å². The van der Waals surface area contributed by atoms with Crippen LogP contribution in [0.1, 0.15) is 31.3 Å². The molecule has 3 N–H and O–H groups in total. The molecule has 160 valence electrons. The summed E-state index contributed by atoms with van der Waals surface area (Å²) in [4.78, 5) is 29.5. The molecule has 2 amide bonds. The first-order valence-electron chi connectivity index (χ1n) is 9.88. The number of amides is 2. The number of H-pyrrole nitrogens is 1. The molecule has 5 rings (SSSR count). The molecule has 7 nitrogen and oxygen atoms in total. The monoisotopic (exact) mass is 447 g/mol. The lowest BCUT2D eigenvalue weighted by Gasteiger charge is -2.06. The third-order valence-corrected chi connectivity index (χ3v) is 6.35. The van der Waals surface area contributed by atoms with Gasteiger partial charge in [-0.3, -0.25) is 25.1 Å². The molecule has 5 aromatic rings. The molecule has 0 bridgehead atoms. The highest BCUT2D eigenvalue weighted by atomic mass is 32.1. The highest BCUT2D eigenvalue weighted by Gasteiger charge is 2.18. The van der Waals surface area contributed by atoms with Gasteiger partial charge in [0.2, 0.25) is 0 Å². The van der Waals surface area contributed by atoms with Gasteiger partial charge in [-0.05, 0) is 36.8 Å². The highest BCUT2D eigenvalue weighted by molar-refractivity contribution is 7.20. The van der Waals surface area contributed by atoms with Crippen molar-refractivity contribution in [1.29, 1.82) is 0 Å². The van der Waals surface area contributed by atoms with Gasteiger partial charge >= 0.3 is 0 Å². The average molecular weight is 447 g/mol. The number of carbonyl (C=O) groups excluding carboxylic acids is 2. The summed E-state index contributed by atoms with van der Waals surface area (Å²) in [5, 5.41) is 6.17. The van der Waals surface area contributed by atoms with Crippen molar-refractivity contribution in [1.82, 2.24) is 25.6 Å². The number of halogens is 1. The molecule has 0 radical (unpaired) electrons. The molecular formula is C23H18FN5O2S. The predicted octanol–water partition coefficient (Wildman–Crippen LogP) is 4.15. The molecule has 3 heterocycles. The topological polar surface area (TPSA) is 91.8 Å². The molecule has 2 aromatic carbocycles. The van der Waals surface area contributed by atoms with E-state index in [1.54, 1.807) is 29.1 Å². The number of nitrogens with zero attached hydrogens (tertiary/aromatic N) is 2. The molecule has 0 aliphatic carbocycles. The molecule has 9 heteroatoms. The Bertz CT molecular complexity index is 1470. The number of nitrogens with one attached hydrogen (secondary N) is 3. The second kappa shape index (κ2) is 7.93. The summed E-state index contributed by atoms with van der Waals surface area (Å²) in [6.45, 7) is 2.33. The van der Waals surface area contributed by atoms with Gasteiger partial charge in [-0.1, -0.05) is 30.3 Å². The molecule has 0 aliphatic rings. The van der Waals surface area contributed by atoms with Crippen LogP contribution < -0.4 is 10.9 Å². The van der Waals surface area contributed by atoms with Gasteiger partial charge in [-0.25, -0.2) is 4.39 Å². The number of rotatable bonds is 4. The van der Waals surface area contributed by atoms with Gasteiger partial charge in [-0.2, -0.15) is 5.10 Å². The molecule has 0 fully saturated rings. The standard InChI is InChI=1S/C23H18FN5O2S/c1-13-17-10-20(32-23(17)29(28-13)12-14-6-8-15(24)9-7-14)22(31)27-26-21(30)18-11-25-19-5-3-2-4-16(18)19/h2-11,25H,12H2,1H3,(H,26,30)(H,27,31). The number of aromatic amines is 1. The third kappa shape index (κ3) is 3.63. The molecule has 32 heavy (non-hydrogen) atoms. The van der Waals surface area contributed by atoms with Crippen molar-refractivity contribution < 1.29 is 14.0 Å². The van der Waals surface area contributed by atoms with Crippen molar-refractivity contribution >= 4 is 44.3 Å². The summed E-state index contributed by atoms with van der Waals surface area (Å²) in [7, 11) is 0. The van der Waals surface area contributed by atoms with Crippen LogP contribution in [0.25, 0.3) is 21.1 Å². The normalized spacial score (nSPS) is 11.2. The molecule has 0 saturated carbocycles. The number of hydrogen-bond acceptors (Lipinski definition) is 4. The van der Waals surface area contributed by atoms with Crippen LogP contribution in [0, 0.1) is 12.7 Å². The van der Waals surface area contributed by atoms with Gasteiger partial charge in [0, 0.05) is 22.5 Å². The lowest BCUT2D eigenvalue weighted by molar-refractivity contribution is 0.0850. The number of carbonyl (C=O) groups is 2. The zero-order valence-electron chi connectivity index (χ0n) is 17.0. The van der Waals surface area contributed by atoms with Crippen molar-refractivity contribution in [3.8, 4) is 0 Å². The van der Waals surface area contributed by atoms with E-state index in [0.717, 1.165) is 32.4 Å². The first kappa shape index (κ1) is 20.0. The van der Waals surface area contributed by atoms with Crippen molar-refractivity contribution in [2.24, 2.45) is 0 Å². The van der Waals surface area contributed by atoms with Crippen molar-refractivity contribution in [2.45, 2.75) is 13.5 Å². The summed E-state index contributed by atoms with van der Waals surface area (Å²) in [6, 6.07) is 15.4. The number of fused-ring (bicyclic) bond motifs is 2. The Labute approximate surface area is 185 Å². The zero-order chi connectivity index (χ0) is 22.2. The Kier molecular flexibility index (Phi) is 4.95. The minimum Gasteiger partial charge on any atom is -0.360 e. The SMILES string of the molecule is Cc1nn(Cc2ccc(F)cc2)c2sc(C(=O)NNC(=O)c3c[nH]c4ccccc34)cc12. The van der Waals surface area contributed by atoms with Crippen LogP contribution in [-0.2, 0) is 6.54 Å². The molecule has 0 aliphatic heterocycles. The summed E-state index contributed by atoms with van der Waals surface area (Å²) in [6.07, 6.45) is 1.61. The van der Waals surface area contributed by atoms with Crippen LogP contribution in [0.15, 0.2) is 60.8 Å². The van der Waals surface area contributed by atoms with Crippen molar-refractivity contribution in [2.75, 3.05) is 0 Å². The smallest absolute Gasteiger partial charge is 0.279 e. The lowest BCUT2D eigenvalue weighted by atomic mass is 10.2. The van der Waals surface area contributed by atoms with Gasteiger partial charge in [0.05, 0.1) is 22.7 Å². The number of hydrazine groups is 1. The lowest BCUT2D eigenvalue weighted by Crippen LogP contribution is -2.41. The number of aryl methyl sites for hydroxylation is 1. The van der Waals surface area contributed by atoms with E-state index < -0.39 is 11.8 Å². The number of benzene rings is 2. The van der Waals surface area contributed by atoms with E-state index >= 15 is 0 Å². The van der Waals surface area contributed by atoms with Gasteiger partial charge < -0.3 is 4.98 Å². The van der Waals surface area contributed by atoms with Crippen LogP contribution in [0.3, 0.4) is 0 Å². The van der Waals surface area contributed by atoms with Crippen LogP contribution >= 0.6 is 11.3 Å². The number of thiophene rings is 1. The Morgan fingerprint density at radius 1 is 1.06 bits per heavy atom. The van der Waals surface area contributed by atoms with Crippen molar-refractivity contribution in [3.63, 3.8) is 0 Å². The molecule has 0 saturated heterocycles. The first-order valence-corrected chi connectivity index (χ1v) is 10.7. The van der Waals surface area contributed by atoms with Gasteiger partial charge in [0.1, 0.15) is 10.6 Å². The van der Waals surface area contributed by atoms with E-state index in [1.807, 2.05) is 31.2 Å². The summed E-state index contributed by atoms with van der Waals surface area (Å²) >= 11 is 1.28. The Balaban J connectivity index is 1.32. The van der Waals surface area contributed by atoms with Crippen LogP contribution in [0.2, 0.25) is 0 Å². The van der Waals surface area contributed by atoms with E-state index in [4.69, 9.17) is 0 Å². The van der Waals surface area contributed by atoms with Crippen LogP contribution in [0.5, 0.6) is 0 Å². The number of para-hydroxylation sites is 1. The molecular weight excluding hydrogens is 429 g/mol. The van der Waals surface area contributed by atoms with Gasteiger partial charge in [0.25, 0.3) is 11.8 Å².